The molecule has 2 amide bonds. The number of methoxy groups -OCH3 is 1. The zero-order valence-corrected chi connectivity index (χ0v) is 23.5. The Labute approximate surface area is 240 Å². The van der Waals surface area contributed by atoms with Crippen LogP contribution in [0, 0.1) is 0 Å². The van der Waals surface area contributed by atoms with Gasteiger partial charge in [0.2, 0.25) is 5.91 Å². The fourth-order valence-corrected chi connectivity index (χ4v) is 4.48. The van der Waals surface area contributed by atoms with Crippen LogP contribution in [0.3, 0.4) is 0 Å². The van der Waals surface area contributed by atoms with E-state index in [9.17, 15) is 14.4 Å². The average Bonchev–Trinajstić information content (AvgIpc) is 3.39. The molecule has 0 fully saturated rings. The molecule has 40 heavy (non-hydrogen) atoms. The van der Waals surface area contributed by atoms with E-state index in [0.717, 1.165) is 6.42 Å². The van der Waals surface area contributed by atoms with Crippen LogP contribution in [0.2, 0.25) is 10.2 Å². The Kier molecular flexibility index (Phi) is 9.18. The van der Waals surface area contributed by atoms with Crippen molar-refractivity contribution in [1.29, 1.82) is 0 Å². The predicted molar refractivity (Wildman–Crippen MR) is 152 cm³/mol. The number of anilines is 1. The molecule has 0 spiro atoms. The molecule has 13 heteroatoms. The number of halogens is 2. The van der Waals surface area contributed by atoms with E-state index in [0.29, 0.717) is 46.1 Å². The number of aromatic nitrogens is 5. The number of carbonyl (C=O) groups is 2. The number of rotatable bonds is 10. The first-order chi connectivity index (χ1) is 19.2. The summed E-state index contributed by atoms with van der Waals surface area (Å²) in [6.45, 7) is 2.00. The zero-order valence-electron chi connectivity index (χ0n) is 22.0. The SMILES string of the molecule is CCCC[C@@H](C(=O)Nc1ccc(C(=O)NC)nc1)n1cc(OC)c(-c2cc(Cl)ccc2-n2cc(Cl)nn2)cc1=O. The number of nitrogens with zero attached hydrogens (tertiary/aromatic N) is 5. The Bertz CT molecular complexity index is 1580. The minimum Gasteiger partial charge on any atom is -0.495 e. The Balaban J connectivity index is 1.73. The van der Waals surface area contributed by atoms with Crippen LogP contribution in [0.15, 0.2) is 59.8 Å². The average molecular weight is 584 g/mol. The number of nitrogens with one attached hydrogen (secondary N) is 2. The minimum absolute atomic E-state index is 0.200. The summed E-state index contributed by atoms with van der Waals surface area (Å²) in [5.41, 5.74) is 1.79. The van der Waals surface area contributed by atoms with Crippen molar-refractivity contribution in [2.24, 2.45) is 0 Å². The van der Waals surface area contributed by atoms with Gasteiger partial charge in [-0.05, 0) is 36.8 Å². The third-order valence-corrected chi connectivity index (χ3v) is 6.59. The Hall–Kier alpha value is -4.22. The van der Waals surface area contributed by atoms with E-state index >= 15 is 0 Å². The molecule has 0 aliphatic rings. The van der Waals surface area contributed by atoms with Crippen molar-refractivity contribution in [3.05, 3.63) is 81.2 Å². The van der Waals surface area contributed by atoms with E-state index in [1.165, 1.54) is 54.1 Å². The largest absolute Gasteiger partial charge is 0.495 e. The maximum Gasteiger partial charge on any atom is 0.269 e. The molecule has 0 unspecified atom stereocenters. The standard InChI is InChI=1S/C27H27Cl2N7O4/c1-4-5-6-22(27(39)32-17-8-9-20(31-13-17)26(38)30-2)35-14-23(40-3)19(12-25(35)37)18-11-16(28)7-10-21(18)36-15-24(29)33-34-36/h7-15,22H,4-6H2,1-3H3,(H,30,38)(H,32,39)/t22-/m0/s1. The monoisotopic (exact) mass is 583 g/mol. The zero-order chi connectivity index (χ0) is 28.8. The fraction of sp³-hybridized carbons (Fsp3) is 0.259. The molecule has 4 rings (SSSR count). The number of ether oxygens (including phenoxy) is 1. The van der Waals surface area contributed by atoms with Crippen LogP contribution in [0.25, 0.3) is 16.8 Å². The highest BCUT2D eigenvalue weighted by Crippen LogP contribution is 2.35. The van der Waals surface area contributed by atoms with Crippen molar-refractivity contribution in [3.8, 4) is 22.6 Å². The first kappa shape index (κ1) is 28.8. The van der Waals surface area contributed by atoms with Gasteiger partial charge in [-0.1, -0.05) is 48.2 Å². The number of hydrogen-bond acceptors (Lipinski definition) is 7. The highest BCUT2D eigenvalue weighted by molar-refractivity contribution is 6.31. The summed E-state index contributed by atoms with van der Waals surface area (Å²) >= 11 is 12.3. The summed E-state index contributed by atoms with van der Waals surface area (Å²) in [4.78, 5) is 42.8. The van der Waals surface area contributed by atoms with Gasteiger partial charge in [0.15, 0.2) is 5.15 Å². The predicted octanol–water partition coefficient (Wildman–Crippen LogP) is 4.54. The van der Waals surface area contributed by atoms with Gasteiger partial charge in [-0.15, -0.1) is 5.10 Å². The maximum atomic E-state index is 13.5. The molecule has 3 aromatic heterocycles. The van der Waals surface area contributed by atoms with Crippen LogP contribution in [-0.4, -0.2) is 50.5 Å². The highest BCUT2D eigenvalue weighted by Gasteiger charge is 2.24. The molecule has 1 aromatic carbocycles. The summed E-state index contributed by atoms with van der Waals surface area (Å²) < 4.78 is 8.51. The van der Waals surface area contributed by atoms with Crippen molar-refractivity contribution in [3.63, 3.8) is 0 Å². The van der Waals surface area contributed by atoms with Gasteiger partial charge in [0.25, 0.3) is 11.5 Å². The summed E-state index contributed by atoms with van der Waals surface area (Å²) in [6, 6.07) is 8.75. The molecule has 208 valence electrons. The molecule has 3 heterocycles. The Morgan fingerprint density at radius 1 is 1.10 bits per heavy atom. The summed E-state index contributed by atoms with van der Waals surface area (Å²) in [5, 5.41) is 13.8. The van der Waals surface area contributed by atoms with Gasteiger partial charge in [-0.3, -0.25) is 19.0 Å². The lowest BCUT2D eigenvalue weighted by Crippen LogP contribution is -2.33. The lowest BCUT2D eigenvalue weighted by Gasteiger charge is -2.21. The molecule has 11 nitrogen and oxygen atoms in total. The molecule has 0 bridgehead atoms. The first-order valence-corrected chi connectivity index (χ1v) is 13.2. The van der Waals surface area contributed by atoms with Crippen LogP contribution in [0.5, 0.6) is 5.75 Å². The Morgan fingerprint density at radius 2 is 1.90 bits per heavy atom. The van der Waals surface area contributed by atoms with Crippen molar-refractivity contribution in [2.75, 3.05) is 19.5 Å². The van der Waals surface area contributed by atoms with Crippen molar-refractivity contribution in [1.82, 2.24) is 29.9 Å². The van der Waals surface area contributed by atoms with Crippen LogP contribution >= 0.6 is 23.2 Å². The van der Waals surface area contributed by atoms with Crippen molar-refractivity contribution < 1.29 is 14.3 Å². The van der Waals surface area contributed by atoms with Gasteiger partial charge in [0.1, 0.15) is 17.5 Å². The van der Waals surface area contributed by atoms with E-state index in [-0.39, 0.29) is 16.8 Å². The molecule has 0 aliphatic heterocycles. The molecule has 0 aliphatic carbocycles. The quantitative estimate of drug-likeness (QED) is 0.280. The van der Waals surface area contributed by atoms with Gasteiger partial charge >= 0.3 is 0 Å². The second-order valence-electron chi connectivity index (χ2n) is 8.81. The van der Waals surface area contributed by atoms with Crippen molar-refractivity contribution in [2.45, 2.75) is 32.2 Å². The summed E-state index contributed by atoms with van der Waals surface area (Å²) in [7, 11) is 2.98. The smallest absolute Gasteiger partial charge is 0.269 e. The topological polar surface area (TPSA) is 133 Å². The minimum atomic E-state index is -0.832. The summed E-state index contributed by atoms with van der Waals surface area (Å²) in [6.07, 6.45) is 6.38. The third-order valence-electron chi connectivity index (χ3n) is 6.19. The van der Waals surface area contributed by atoms with E-state index in [2.05, 4.69) is 25.9 Å². The lowest BCUT2D eigenvalue weighted by atomic mass is 10.0. The van der Waals surface area contributed by atoms with Crippen LogP contribution < -0.4 is 20.9 Å². The van der Waals surface area contributed by atoms with Gasteiger partial charge in [0.05, 0.1) is 37.1 Å². The van der Waals surface area contributed by atoms with Crippen molar-refractivity contribution >= 4 is 40.7 Å². The molecular formula is C27H27Cl2N7O4. The molecule has 0 radical (unpaired) electrons. The number of carbonyl (C=O) groups excluding carboxylic acids is 2. The maximum absolute atomic E-state index is 13.5. The van der Waals surface area contributed by atoms with Crippen LogP contribution in [0.1, 0.15) is 42.7 Å². The Morgan fingerprint density at radius 3 is 2.52 bits per heavy atom. The van der Waals surface area contributed by atoms with Gasteiger partial charge in [0, 0.05) is 29.3 Å². The number of pyridine rings is 2. The van der Waals surface area contributed by atoms with Gasteiger partial charge in [-0.2, -0.15) is 0 Å². The van der Waals surface area contributed by atoms with E-state index in [4.69, 9.17) is 27.9 Å². The molecule has 0 saturated heterocycles. The third kappa shape index (κ3) is 6.32. The molecule has 4 aromatic rings. The second-order valence-corrected chi connectivity index (χ2v) is 9.63. The number of hydrogen-bond donors (Lipinski definition) is 2. The van der Waals surface area contributed by atoms with E-state index in [1.54, 1.807) is 24.3 Å². The molecular weight excluding hydrogens is 557 g/mol. The second kappa shape index (κ2) is 12.8. The van der Waals surface area contributed by atoms with E-state index < -0.39 is 17.5 Å². The number of benzene rings is 1. The van der Waals surface area contributed by atoms with E-state index in [1.807, 2.05) is 6.92 Å². The van der Waals surface area contributed by atoms with Gasteiger partial charge in [-0.25, -0.2) is 9.67 Å². The normalized spacial score (nSPS) is 11.6. The van der Waals surface area contributed by atoms with Crippen LogP contribution in [-0.2, 0) is 4.79 Å². The number of amides is 2. The summed E-state index contributed by atoms with van der Waals surface area (Å²) in [5.74, 6) is -0.395. The van der Waals surface area contributed by atoms with Gasteiger partial charge < -0.3 is 15.4 Å². The lowest BCUT2D eigenvalue weighted by molar-refractivity contribution is -0.119. The first-order valence-electron chi connectivity index (χ1n) is 12.4. The molecule has 1 atom stereocenters. The fourth-order valence-electron chi connectivity index (χ4n) is 4.18. The highest BCUT2D eigenvalue weighted by atomic mass is 35.5. The van der Waals surface area contributed by atoms with Crippen LogP contribution in [0.4, 0.5) is 5.69 Å². The molecule has 2 N–H and O–H groups in total. The number of unbranched alkanes of at least 4 members (excludes halogenated alkanes) is 1. The molecule has 0 saturated carbocycles.